The molecule has 0 aromatic heterocycles. The van der Waals surface area contributed by atoms with Crippen LogP contribution in [0.1, 0.15) is 32.6 Å². The molecule has 7 nitrogen and oxygen atoms in total. The van der Waals surface area contributed by atoms with Gasteiger partial charge in [-0.15, -0.1) is 0 Å². The largest absolute Gasteiger partial charge is 0.409 e. The third-order valence-electron chi connectivity index (χ3n) is 3.23. The standard InChI is InChI=1S/C11H23N3O4S/c1-2-18-7-8-19(16,17)14(9-11(12)13-15)10-5-3-4-6-10/h10,15H,2-9H2,1H3,(H2,12,13). The number of sulfonamides is 1. The zero-order valence-electron chi connectivity index (χ0n) is 11.3. The van der Waals surface area contributed by atoms with Crippen molar-refractivity contribution in [3.05, 3.63) is 0 Å². The van der Waals surface area contributed by atoms with Gasteiger partial charge in [-0.2, -0.15) is 4.31 Å². The van der Waals surface area contributed by atoms with Gasteiger partial charge in [-0.25, -0.2) is 8.42 Å². The van der Waals surface area contributed by atoms with Crippen molar-refractivity contribution in [2.45, 2.75) is 38.6 Å². The minimum atomic E-state index is -3.45. The van der Waals surface area contributed by atoms with Crippen LogP contribution in [0.15, 0.2) is 5.16 Å². The molecule has 19 heavy (non-hydrogen) atoms. The summed E-state index contributed by atoms with van der Waals surface area (Å²) in [5, 5.41) is 11.5. The molecule has 1 rings (SSSR count). The molecule has 0 radical (unpaired) electrons. The van der Waals surface area contributed by atoms with Gasteiger partial charge in [-0.3, -0.25) is 0 Å². The molecule has 0 heterocycles. The predicted molar refractivity (Wildman–Crippen MR) is 72.7 cm³/mol. The smallest absolute Gasteiger partial charge is 0.217 e. The molecule has 1 aliphatic carbocycles. The van der Waals surface area contributed by atoms with E-state index in [9.17, 15) is 8.42 Å². The summed E-state index contributed by atoms with van der Waals surface area (Å²) in [5.74, 6) is -0.164. The molecule has 0 amide bonds. The lowest BCUT2D eigenvalue weighted by atomic mass is 10.2. The van der Waals surface area contributed by atoms with Crippen LogP contribution in [-0.2, 0) is 14.8 Å². The average molecular weight is 293 g/mol. The van der Waals surface area contributed by atoms with Crippen molar-refractivity contribution in [1.82, 2.24) is 4.31 Å². The second-order valence-electron chi connectivity index (χ2n) is 4.59. The summed E-state index contributed by atoms with van der Waals surface area (Å²) in [7, 11) is -3.45. The minimum absolute atomic E-state index is 0.0491. The highest BCUT2D eigenvalue weighted by atomic mass is 32.2. The van der Waals surface area contributed by atoms with Crippen molar-refractivity contribution in [2.75, 3.05) is 25.5 Å². The molecule has 0 aromatic rings. The van der Waals surface area contributed by atoms with Crippen LogP contribution in [0.3, 0.4) is 0 Å². The lowest BCUT2D eigenvalue weighted by Crippen LogP contribution is -2.45. The van der Waals surface area contributed by atoms with E-state index in [4.69, 9.17) is 15.7 Å². The Labute approximate surface area is 114 Å². The van der Waals surface area contributed by atoms with Crippen molar-refractivity contribution in [1.29, 1.82) is 0 Å². The van der Waals surface area contributed by atoms with Gasteiger partial charge in [0.2, 0.25) is 10.0 Å². The first kappa shape index (κ1) is 16.2. The van der Waals surface area contributed by atoms with Crippen LogP contribution in [0.4, 0.5) is 0 Å². The van der Waals surface area contributed by atoms with E-state index in [2.05, 4.69) is 5.16 Å². The molecule has 0 spiro atoms. The van der Waals surface area contributed by atoms with Gasteiger partial charge >= 0.3 is 0 Å². The molecular formula is C11H23N3O4S. The zero-order chi connectivity index (χ0) is 14.3. The van der Waals surface area contributed by atoms with Crippen LogP contribution < -0.4 is 5.73 Å². The third kappa shape index (κ3) is 4.96. The second kappa shape index (κ2) is 7.66. The summed E-state index contributed by atoms with van der Waals surface area (Å²) < 4.78 is 31.0. The van der Waals surface area contributed by atoms with E-state index < -0.39 is 10.0 Å². The number of hydrogen-bond donors (Lipinski definition) is 2. The summed E-state index contributed by atoms with van der Waals surface area (Å²) in [6.07, 6.45) is 3.68. The Kier molecular flexibility index (Phi) is 6.53. The van der Waals surface area contributed by atoms with Crippen LogP contribution in [0.25, 0.3) is 0 Å². The van der Waals surface area contributed by atoms with E-state index in [1.165, 1.54) is 4.31 Å². The molecule has 0 aliphatic heterocycles. The topological polar surface area (TPSA) is 105 Å². The van der Waals surface area contributed by atoms with E-state index in [0.717, 1.165) is 25.7 Å². The Balaban J connectivity index is 2.76. The van der Waals surface area contributed by atoms with Crippen LogP contribution >= 0.6 is 0 Å². The lowest BCUT2D eigenvalue weighted by molar-refractivity contribution is 0.162. The summed E-state index contributed by atoms with van der Waals surface area (Å²) in [6, 6.07) is -0.0491. The van der Waals surface area contributed by atoms with Gasteiger partial charge in [0, 0.05) is 12.6 Å². The Hall–Kier alpha value is -0.860. The number of hydrogen-bond acceptors (Lipinski definition) is 5. The molecule has 1 saturated carbocycles. The number of ether oxygens (including phenoxy) is 1. The van der Waals surface area contributed by atoms with Gasteiger partial charge in [0.05, 0.1) is 18.9 Å². The maximum atomic E-state index is 12.3. The maximum Gasteiger partial charge on any atom is 0.217 e. The molecule has 0 saturated heterocycles. The van der Waals surface area contributed by atoms with Crippen molar-refractivity contribution in [2.24, 2.45) is 10.9 Å². The zero-order valence-corrected chi connectivity index (χ0v) is 12.1. The summed E-state index contributed by atoms with van der Waals surface area (Å²) in [6.45, 7) is 2.41. The number of rotatable bonds is 8. The molecule has 1 fully saturated rings. The molecule has 3 N–H and O–H groups in total. The molecule has 0 atom stereocenters. The third-order valence-corrected chi connectivity index (χ3v) is 5.05. The maximum absolute atomic E-state index is 12.3. The summed E-state index contributed by atoms with van der Waals surface area (Å²) >= 11 is 0. The van der Waals surface area contributed by atoms with Crippen molar-refractivity contribution >= 4 is 15.9 Å². The molecule has 8 heteroatoms. The monoisotopic (exact) mass is 293 g/mol. The van der Waals surface area contributed by atoms with Gasteiger partial charge in [0.25, 0.3) is 0 Å². The van der Waals surface area contributed by atoms with Crippen molar-refractivity contribution in [3.63, 3.8) is 0 Å². The SMILES string of the molecule is CCOCCS(=O)(=O)N(CC(N)=NO)C1CCCC1. The summed E-state index contributed by atoms with van der Waals surface area (Å²) in [4.78, 5) is 0. The fourth-order valence-corrected chi connectivity index (χ4v) is 3.82. The van der Waals surface area contributed by atoms with E-state index >= 15 is 0 Å². The van der Waals surface area contributed by atoms with E-state index in [-0.39, 0.29) is 30.8 Å². The van der Waals surface area contributed by atoms with Crippen molar-refractivity contribution < 1.29 is 18.4 Å². The van der Waals surface area contributed by atoms with Crippen LogP contribution in [0.2, 0.25) is 0 Å². The summed E-state index contributed by atoms with van der Waals surface area (Å²) in [5.41, 5.74) is 5.46. The second-order valence-corrected chi connectivity index (χ2v) is 6.63. The first-order chi connectivity index (χ1) is 9.01. The fourth-order valence-electron chi connectivity index (χ4n) is 2.26. The highest BCUT2D eigenvalue weighted by Gasteiger charge is 2.32. The molecule has 0 aromatic carbocycles. The number of nitrogens with zero attached hydrogens (tertiary/aromatic N) is 2. The lowest BCUT2D eigenvalue weighted by Gasteiger charge is -2.27. The van der Waals surface area contributed by atoms with Crippen LogP contribution in [-0.4, -0.2) is 55.3 Å². The Morgan fingerprint density at radius 2 is 2.11 bits per heavy atom. The number of amidine groups is 1. The molecule has 0 bridgehead atoms. The Morgan fingerprint density at radius 1 is 1.47 bits per heavy atom. The first-order valence-corrected chi connectivity index (χ1v) is 8.15. The molecule has 1 aliphatic rings. The van der Waals surface area contributed by atoms with E-state index in [1.807, 2.05) is 6.92 Å². The van der Waals surface area contributed by atoms with Crippen LogP contribution in [0, 0.1) is 0 Å². The Morgan fingerprint density at radius 3 is 2.63 bits per heavy atom. The van der Waals surface area contributed by atoms with Gasteiger partial charge in [0.1, 0.15) is 0 Å². The quantitative estimate of drug-likeness (QED) is 0.221. The number of oxime groups is 1. The highest BCUT2D eigenvalue weighted by molar-refractivity contribution is 7.89. The van der Waals surface area contributed by atoms with E-state index in [1.54, 1.807) is 0 Å². The average Bonchev–Trinajstić information content (AvgIpc) is 2.89. The van der Waals surface area contributed by atoms with Gasteiger partial charge in [-0.1, -0.05) is 18.0 Å². The Bertz CT molecular complexity index is 391. The first-order valence-electron chi connectivity index (χ1n) is 6.55. The molecule has 0 unspecified atom stereocenters. The highest BCUT2D eigenvalue weighted by Crippen LogP contribution is 2.25. The van der Waals surface area contributed by atoms with Crippen molar-refractivity contribution in [3.8, 4) is 0 Å². The number of nitrogens with two attached hydrogens (primary N) is 1. The van der Waals surface area contributed by atoms with Gasteiger partial charge in [0.15, 0.2) is 5.84 Å². The predicted octanol–water partition coefficient (Wildman–Crippen LogP) is 0.344. The molecule has 112 valence electrons. The van der Waals surface area contributed by atoms with Gasteiger partial charge in [-0.05, 0) is 19.8 Å². The normalized spacial score (nSPS) is 18.3. The van der Waals surface area contributed by atoms with Gasteiger partial charge < -0.3 is 15.7 Å². The van der Waals surface area contributed by atoms with Crippen LogP contribution in [0.5, 0.6) is 0 Å². The van der Waals surface area contributed by atoms with E-state index in [0.29, 0.717) is 6.61 Å². The molecular weight excluding hydrogens is 270 g/mol. The fraction of sp³-hybridized carbons (Fsp3) is 0.909. The minimum Gasteiger partial charge on any atom is -0.409 e.